The normalized spacial score (nSPS) is 13.9. The molecular weight excluding hydrogens is 320 g/mol. The number of benzene rings is 2. The van der Waals surface area contributed by atoms with Crippen LogP contribution in [0, 0.1) is 0 Å². The summed E-state index contributed by atoms with van der Waals surface area (Å²) in [7, 11) is 1.71. The maximum atomic E-state index is 5.31. The first-order valence-electron chi connectivity index (χ1n) is 10.1. The summed E-state index contributed by atoms with van der Waals surface area (Å²) in [4.78, 5) is 2.50. The molecule has 0 amide bonds. The highest BCUT2D eigenvalue weighted by Gasteiger charge is 2.09. The lowest BCUT2D eigenvalue weighted by Gasteiger charge is -2.21. The molecule has 144 valence electrons. The number of rotatable bonds is 11. The topological polar surface area (TPSA) is 24.5 Å². The van der Waals surface area contributed by atoms with E-state index in [0.717, 1.165) is 25.4 Å². The van der Waals surface area contributed by atoms with E-state index in [9.17, 15) is 0 Å². The predicted molar refractivity (Wildman–Crippen MR) is 113 cm³/mol. The van der Waals surface area contributed by atoms with E-state index in [0.29, 0.717) is 12.0 Å². The Labute approximate surface area is 159 Å². The van der Waals surface area contributed by atoms with Gasteiger partial charge in [0, 0.05) is 12.6 Å². The van der Waals surface area contributed by atoms with Crippen molar-refractivity contribution < 1.29 is 4.74 Å². The van der Waals surface area contributed by atoms with Crippen LogP contribution in [0.2, 0.25) is 0 Å². The molecule has 2 aromatic carbocycles. The molecule has 0 bridgehead atoms. The molecule has 3 heteroatoms. The molecule has 0 aromatic heterocycles. The zero-order valence-corrected chi connectivity index (χ0v) is 17.2. The molecule has 3 nitrogen and oxygen atoms in total. The summed E-state index contributed by atoms with van der Waals surface area (Å²) in [5.74, 6) is 1.42. The van der Waals surface area contributed by atoms with Gasteiger partial charge in [0.25, 0.3) is 0 Å². The fourth-order valence-corrected chi connectivity index (χ4v) is 3.43. The van der Waals surface area contributed by atoms with Gasteiger partial charge in [0.1, 0.15) is 5.75 Å². The van der Waals surface area contributed by atoms with Crippen LogP contribution in [0.15, 0.2) is 36.4 Å². The molecule has 2 rings (SSSR count). The molecule has 0 aliphatic carbocycles. The van der Waals surface area contributed by atoms with Gasteiger partial charge in [-0.25, -0.2) is 0 Å². The zero-order valence-electron chi connectivity index (χ0n) is 17.2. The molecule has 0 aliphatic heterocycles. The van der Waals surface area contributed by atoms with Crippen molar-refractivity contribution in [3.63, 3.8) is 0 Å². The fraction of sp³-hybridized carbons (Fsp3) is 0.565. The fourth-order valence-electron chi connectivity index (χ4n) is 3.43. The molecule has 1 N–H and O–H groups in total. The first-order chi connectivity index (χ1) is 12.6. The Morgan fingerprint density at radius 1 is 1.00 bits per heavy atom. The van der Waals surface area contributed by atoms with Gasteiger partial charge in [0.2, 0.25) is 0 Å². The van der Waals surface area contributed by atoms with Crippen molar-refractivity contribution in [2.24, 2.45) is 0 Å². The van der Waals surface area contributed by atoms with Gasteiger partial charge < -0.3 is 15.0 Å². The van der Waals surface area contributed by atoms with Crippen molar-refractivity contribution in [3.8, 4) is 5.75 Å². The van der Waals surface area contributed by atoms with E-state index in [2.05, 4.69) is 68.2 Å². The number of ether oxygens (including phenoxy) is 1. The standard InChI is InChI=1S/C23H36N2O/c1-6-25(7-2)14-8-9-19(4)24-17-18(3)20-10-11-22-16-23(26-5)13-12-21(22)15-20/h10-13,15-16,18-19,24H,6-9,14,17H2,1-5H3. The molecule has 26 heavy (non-hydrogen) atoms. The number of nitrogens with one attached hydrogen (secondary N) is 1. The summed E-state index contributed by atoms with van der Waals surface area (Å²) in [5.41, 5.74) is 1.39. The lowest BCUT2D eigenvalue weighted by molar-refractivity contribution is 0.290. The van der Waals surface area contributed by atoms with Gasteiger partial charge in [-0.1, -0.05) is 45.0 Å². The van der Waals surface area contributed by atoms with Crippen LogP contribution in [-0.4, -0.2) is 44.2 Å². The van der Waals surface area contributed by atoms with Crippen molar-refractivity contribution in [2.45, 2.75) is 52.5 Å². The van der Waals surface area contributed by atoms with Gasteiger partial charge in [-0.05, 0) is 73.8 Å². The van der Waals surface area contributed by atoms with Crippen molar-refractivity contribution in [1.82, 2.24) is 10.2 Å². The first-order valence-corrected chi connectivity index (χ1v) is 10.1. The minimum atomic E-state index is 0.506. The molecule has 2 atom stereocenters. The maximum absolute atomic E-state index is 5.31. The Balaban J connectivity index is 1.83. The second-order valence-electron chi connectivity index (χ2n) is 7.35. The molecule has 0 saturated carbocycles. The maximum Gasteiger partial charge on any atom is 0.119 e. The molecular formula is C23H36N2O. The third-order valence-electron chi connectivity index (χ3n) is 5.42. The highest BCUT2D eigenvalue weighted by atomic mass is 16.5. The Bertz CT molecular complexity index is 666. The lowest BCUT2D eigenvalue weighted by atomic mass is 9.97. The van der Waals surface area contributed by atoms with E-state index in [1.807, 2.05) is 6.07 Å². The van der Waals surface area contributed by atoms with Gasteiger partial charge in [-0.2, -0.15) is 0 Å². The average molecular weight is 357 g/mol. The van der Waals surface area contributed by atoms with E-state index < -0.39 is 0 Å². The van der Waals surface area contributed by atoms with Crippen molar-refractivity contribution in [3.05, 3.63) is 42.0 Å². The average Bonchev–Trinajstić information content (AvgIpc) is 2.68. The number of methoxy groups -OCH3 is 1. The Morgan fingerprint density at radius 2 is 1.69 bits per heavy atom. The van der Waals surface area contributed by atoms with Crippen LogP contribution in [0.1, 0.15) is 52.0 Å². The second kappa shape index (κ2) is 10.5. The second-order valence-corrected chi connectivity index (χ2v) is 7.35. The SMILES string of the molecule is CCN(CC)CCCC(C)NCC(C)c1ccc2cc(OC)ccc2c1. The van der Waals surface area contributed by atoms with E-state index in [-0.39, 0.29) is 0 Å². The predicted octanol–water partition coefficient (Wildman–Crippen LogP) is 5.05. The molecule has 2 aromatic rings. The van der Waals surface area contributed by atoms with Gasteiger partial charge in [-0.15, -0.1) is 0 Å². The minimum absolute atomic E-state index is 0.506. The summed E-state index contributed by atoms with van der Waals surface area (Å²) in [6.07, 6.45) is 2.50. The molecule has 0 radical (unpaired) electrons. The van der Waals surface area contributed by atoms with Crippen LogP contribution in [0.25, 0.3) is 10.8 Å². The molecule has 0 heterocycles. The monoisotopic (exact) mass is 356 g/mol. The van der Waals surface area contributed by atoms with E-state index in [1.165, 1.54) is 35.7 Å². The van der Waals surface area contributed by atoms with E-state index >= 15 is 0 Å². The largest absolute Gasteiger partial charge is 0.497 e. The number of fused-ring (bicyclic) bond motifs is 1. The summed E-state index contributed by atoms with van der Waals surface area (Å²) in [6.45, 7) is 13.6. The highest BCUT2D eigenvalue weighted by Crippen LogP contribution is 2.25. The lowest BCUT2D eigenvalue weighted by Crippen LogP contribution is -2.31. The molecule has 0 aliphatic rings. The molecule has 2 unspecified atom stereocenters. The Hall–Kier alpha value is -1.58. The van der Waals surface area contributed by atoms with Gasteiger partial charge in [0.05, 0.1) is 7.11 Å². The van der Waals surface area contributed by atoms with Crippen LogP contribution in [0.3, 0.4) is 0 Å². The van der Waals surface area contributed by atoms with Crippen LogP contribution in [0.4, 0.5) is 0 Å². The molecule has 0 fully saturated rings. The third-order valence-corrected chi connectivity index (χ3v) is 5.42. The summed E-state index contributed by atoms with van der Waals surface area (Å²) in [5, 5.41) is 6.23. The van der Waals surface area contributed by atoms with Gasteiger partial charge >= 0.3 is 0 Å². The van der Waals surface area contributed by atoms with Crippen molar-refractivity contribution in [1.29, 1.82) is 0 Å². The van der Waals surface area contributed by atoms with E-state index in [4.69, 9.17) is 4.74 Å². The number of hydrogen-bond donors (Lipinski definition) is 1. The minimum Gasteiger partial charge on any atom is -0.497 e. The van der Waals surface area contributed by atoms with Crippen LogP contribution >= 0.6 is 0 Å². The smallest absolute Gasteiger partial charge is 0.119 e. The van der Waals surface area contributed by atoms with Crippen molar-refractivity contribution in [2.75, 3.05) is 33.3 Å². The summed E-state index contributed by atoms with van der Waals surface area (Å²) in [6, 6.07) is 13.6. The van der Waals surface area contributed by atoms with Crippen LogP contribution in [-0.2, 0) is 0 Å². The first kappa shape index (κ1) is 20.7. The Kier molecular flexibility index (Phi) is 8.40. The highest BCUT2D eigenvalue weighted by molar-refractivity contribution is 5.84. The van der Waals surface area contributed by atoms with Gasteiger partial charge in [0.15, 0.2) is 0 Å². The zero-order chi connectivity index (χ0) is 18.9. The quantitative estimate of drug-likeness (QED) is 0.609. The number of nitrogens with zero attached hydrogens (tertiary/aromatic N) is 1. The summed E-state index contributed by atoms with van der Waals surface area (Å²) < 4.78 is 5.31. The van der Waals surface area contributed by atoms with Gasteiger partial charge in [-0.3, -0.25) is 0 Å². The van der Waals surface area contributed by atoms with Crippen LogP contribution < -0.4 is 10.1 Å². The molecule has 0 saturated heterocycles. The third kappa shape index (κ3) is 6.00. The Morgan fingerprint density at radius 3 is 2.38 bits per heavy atom. The van der Waals surface area contributed by atoms with Crippen molar-refractivity contribution >= 4 is 10.8 Å². The number of hydrogen-bond acceptors (Lipinski definition) is 3. The van der Waals surface area contributed by atoms with E-state index in [1.54, 1.807) is 7.11 Å². The molecule has 0 spiro atoms. The van der Waals surface area contributed by atoms with Crippen LogP contribution in [0.5, 0.6) is 5.75 Å². The summed E-state index contributed by atoms with van der Waals surface area (Å²) >= 11 is 0.